The van der Waals surface area contributed by atoms with E-state index < -0.39 is 17.5 Å². The molecule has 6 aromatic heterocycles. The Morgan fingerprint density at radius 3 is 1.85 bits per heavy atom. The quantitative estimate of drug-likeness (QED) is 0.0619. The fourth-order valence-electron chi connectivity index (χ4n) is 8.57. The normalized spacial score (nSPS) is 16.2. The van der Waals surface area contributed by atoms with Crippen molar-refractivity contribution in [1.29, 1.82) is 0 Å². The molecule has 30 heteroatoms. The van der Waals surface area contributed by atoms with Crippen molar-refractivity contribution >= 4 is 46.1 Å². The predicted molar refractivity (Wildman–Crippen MR) is 306 cm³/mol. The Kier molecular flexibility index (Phi) is 28.6. The summed E-state index contributed by atoms with van der Waals surface area (Å²) in [6.45, 7) is 16.6. The van der Waals surface area contributed by atoms with E-state index in [0.717, 1.165) is 57.0 Å². The molecule has 3 fully saturated rings. The number of hydrogen-bond donors (Lipinski definition) is 2. The van der Waals surface area contributed by atoms with Gasteiger partial charge in [-0.25, -0.2) is 29.5 Å². The van der Waals surface area contributed by atoms with Gasteiger partial charge in [0.15, 0.2) is 34.4 Å². The minimum atomic E-state index is -4.56. The van der Waals surface area contributed by atoms with E-state index in [2.05, 4.69) is 73.3 Å². The van der Waals surface area contributed by atoms with Crippen molar-refractivity contribution in [3.63, 3.8) is 0 Å². The number of aromatic hydroxyl groups is 1. The van der Waals surface area contributed by atoms with Crippen LogP contribution in [0.25, 0.3) is 17.2 Å². The summed E-state index contributed by atoms with van der Waals surface area (Å²) in [5.74, 6) is 2.55. The SMILES string of the molecule is CC(C)(C)OC(=O)N1CCC(Br)C1.CC(C)(C)OC(=O)N1CCC(Oc2cnn(Cc3ccccc3)c2)C1.FC(F)(F)c1cn2c(-c3nccc(N4CCC(Oc5cn[nH]c5)C4)n3)cnc2cn1.O=CO[O-].Oc1cnn(Cc2ccccc2)c1.[H-].[K+].[K+]. The van der Waals surface area contributed by atoms with Gasteiger partial charge < -0.3 is 50.3 Å². The number of nitrogens with zero attached hydrogens (tertiary/aromatic N) is 13. The van der Waals surface area contributed by atoms with Crippen molar-refractivity contribution in [2.75, 3.05) is 44.2 Å². The number of amides is 2. The van der Waals surface area contributed by atoms with Crippen LogP contribution in [-0.4, -0.2) is 155 Å². The van der Waals surface area contributed by atoms with E-state index in [4.69, 9.17) is 34.1 Å². The van der Waals surface area contributed by atoms with Crippen LogP contribution in [0.1, 0.15) is 79.1 Å². The zero-order valence-corrected chi connectivity index (χ0v) is 57.5. The number of carbonyl (C=O) groups is 3. The maximum Gasteiger partial charge on any atom is 1.00 e. The van der Waals surface area contributed by atoms with Gasteiger partial charge in [0.1, 0.15) is 34.9 Å². The third-order valence-corrected chi connectivity index (χ3v) is 13.1. The number of aromatic nitrogens is 11. The third kappa shape index (κ3) is 24.1. The van der Waals surface area contributed by atoms with Crippen molar-refractivity contribution in [3.05, 3.63) is 146 Å². The van der Waals surface area contributed by atoms with Crippen molar-refractivity contribution < 1.29 is 166 Å². The summed E-state index contributed by atoms with van der Waals surface area (Å²) in [5.41, 5.74) is 1.12. The number of ether oxygens (including phenoxy) is 4. The molecule has 8 aromatic rings. The Morgan fingerprint density at radius 1 is 0.724 bits per heavy atom. The number of halogens is 4. The second-order valence-electron chi connectivity index (χ2n) is 21.5. The van der Waals surface area contributed by atoms with Crippen LogP contribution in [0.5, 0.6) is 17.2 Å². The molecule has 3 aliphatic rings. The predicted octanol–water partition coefficient (Wildman–Crippen LogP) is 2.49. The van der Waals surface area contributed by atoms with E-state index in [1.807, 2.05) is 106 Å². The van der Waals surface area contributed by atoms with Crippen LogP contribution in [0, 0.1) is 0 Å². The second-order valence-corrected chi connectivity index (χ2v) is 22.8. The first kappa shape index (κ1) is 72.2. The molecule has 24 nitrogen and oxygen atoms in total. The molecule has 0 spiro atoms. The Balaban J connectivity index is 0.000000257. The number of aromatic amines is 1. The average Bonchev–Trinajstić information content (AvgIpc) is 4.01. The maximum atomic E-state index is 13.0. The summed E-state index contributed by atoms with van der Waals surface area (Å²) in [4.78, 5) is 57.1. The van der Waals surface area contributed by atoms with E-state index in [1.165, 1.54) is 27.9 Å². The van der Waals surface area contributed by atoms with Gasteiger partial charge in [-0.2, -0.15) is 28.5 Å². The number of carbonyl (C=O) groups excluding carboxylic acids is 3. The molecule has 0 radical (unpaired) electrons. The molecule has 3 aliphatic heterocycles. The molecule has 2 N–H and O–H groups in total. The van der Waals surface area contributed by atoms with Crippen LogP contribution in [0.2, 0.25) is 0 Å². The molecule has 87 heavy (non-hydrogen) atoms. The van der Waals surface area contributed by atoms with Crippen molar-refractivity contribution in [2.45, 2.75) is 108 Å². The van der Waals surface area contributed by atoms with Crippen molar-refractivity contribution in [2.24, 2.45) is 0 Å². The van der Waals surface area contributed by atoms with Gasteiger partial charge in [0.25, 0.3) is 6.47 Å². The molecular formula is C57H68BrF3K2N14O10. The summed E-state index contributed by atoms with van der Waals surface area (Å²) >= 11 is 3.48. The summed E-state index contributed by atoms with van der Waals surface area (Å²) < 4.78 is 66.5. The number of fused-ring (bicyclic) bond motifs is 1. The molecule has 0 bridgehead atoms. The number of H-pyrrole nitrogens is 1. The summed E-state index contributed by atoms with van der Waals surface area (Å²) in [5, 5.41) is 32.4. The van der Waals surface area contributed by atoms with Crippen molar-refractivity contribution in [1.82, 2.24) is 63.9 Å². The zero-order chi connectivity index (χ0) is 61.2. The number of alkyl halides is 4. The minimum absolute atomic E-state index is 0. The van der Waals surface area contributed by atoms with Gasteiger partial charge in [-0.1, -0.05) is 76.6 Å². The number of rotatable bonds is 11. The van der Waals surface area contributed by atoms with Gasteiger partial charge in [0, 0.05) is 56.2 Å². The van der Waals surface area contributed by atoms with Gasteiger partial charge in [-0.3, -0.25) is 23.7 Å². The zero-order valence-electron chi connectivity index (χ0n) is 50.7. The second kappa shape index (κ2) is 34.5. The molecule has 3 atom stereocenters. The number of hydrogen-bond acceptors (Lipinski definition) is 18. The third-order valence-electron chi connectivity index (χ3n) is 12.3. The van der Waals surface area contributed by atoms with Crippen LogP contribution >= 0.6 is 15.9 Å². The number of anilines is 1. The Labute approximate surface area is 595 Å². The number of benzene rings is 2. The maximum absolute atomic E-state index is 13.0. The smallest absolute Gasteiger partial charge is 1.00 e. The summed E-state index contributed by atoms with van der Waals surface area (Å²) in [7, 11) is 0. The van der Waals surface area contributed by atoms with E-state index in [9.17, 15) is 22.8 Å². The van der Waals surface area contributed by atoms with E-state index in [0.29, 0.717) is 54.8 Å². The molecule has 11 rings (SSSR count). The fraction of sp³-hybridized carbons (Fsp3) is 0.404. The van der Waals surface area contributed by atoms with Crippen molar-refractivity contribution in [3.8, 4) is 28.8 Å². The Morgan fingerprint density at radius 2 is 1.30 bits per heavy atom. The molecule has 2 aromatic carbocycles. The largest absolute Gasteiger partial charge is 1.00 e. The monoisotopic (exact) mass is 1320 g/mol. The van der Waals surface area contributed by atoms with Gasteiger partial charge >= 0.3 is 121 Å². The van der Waals surface area contributed by atoms with Crippen LogP contribution in [0.4, 0.5) is 28.6 Å². The van der Waals surface area contributed by atoms with Crippen LogP contribution in [0.3, 0.4) is 0 Å². The van der Waals surface area contributed by atoms with E-state index in [-0.39, 0.29) is 158 Å². The molecular weight excluding hydrogens is 1260 g/mol. The molecule has 0 aliphatic carbocycles. The Bertz CT molecular complexity index is 3360. The molecule has 3 saturated heterocycles. The molecule has 9 heterocycles. The van der Waals surface area contributed by atoms with Crippen LogP contribution in [-0.2, 0) is 38.4 Å². The first-order valence-electron chi connectivity index (χ1n) is 27.0. The minimum Gasteiger partial charge on any atom is -1.00 e. The average molecular weight is 1320 g/mol. The summed E-state index contributed by atoms with van der Waals surface area (Å²) in [6, 6.07) is 21.9. The van der Waals surface area contributed by atoms with Gasteiger partial charge in [-0.05, 0) is 65.2 Å². The fourth-order valence-corrected chi connectivity index (χ4v) is 9.12. The molecule has 2 amide bonds. The van der Waals surface area contributed by atoms with E-state index in [1.54, 1.807) is 51.5 Å². The molecule has 3 unspecified atom stereocenters. The first-order chi connectivity index (χ1) is 40.5. The topological polar surface area (TPSA) is 271 Å². The summed E-state index contributed by atoms with van der Waals surface area (Å²) in [6.07, 6.45) is 12.5. The molecule has 456 valence electrons. The van der Waals surface area contributed by atoms with Gasteiger partial charge in [0.05, 0.1) is 75.8 Å². The molecule has 0 saturated carbocycles. The number of likely N-dealkylation sites (tertiary alicyclic amines) is 2. The number of nitrogens with one attached hydrogen (secondary N) is 1. The van der Waals surface area contributed by atoms with Gasteiger partial charge in [0.2, 0.25) is 0 Å². The van der Waals surface area contributed by atoms with Crippen LogP contribution < -0.4 is 122 Å². The standard InChI is InChI=1S/C19H25N3O3.C18H15F3N8O.C10H10N2O.C9H16BrNO2.CH2O3.2K.H/c1-19(2,3)25-18(23)21-10-9-16(13-21)24-17-11-20-22(14-17)12-15-7-5-4-6-8-15;19-18(20,21)14-10-29-13(7-24-16(29)8-23-14)17-22-3-1-15(27-17)28-4-2-11(9-28)30-12-5-25-26-6-12;13-10-6-11-12(8-10)7-9-4-2-1-3-5-9;1-9(2,3)13-8(12)11-5-4-7(10)6-11;2-1-4-3;;;/h4-8,11,14,16H,9-10,12-13H2,1-3H3;1,3,5-8,10-11H,2,4,9H2,(H,25,26);1-6,8,13H,7H2;7H,4-6H2,1-3H3;1,3H;;;/q;;;;;2*+1;-1/p-1. The van der Waals surface area contributed by atoms with E-state index >= 15 is 0 Å². The number of imidazole rings is 1. The Hall–Kier alpha value is -5.52. The van der Waals surface area contributed by atoms with Gasteiger partial charge in [-0.15, -0.1) is 0 Å². The first-order valence-corrected chi connectivity index (χ1v) is 27.9. The van der Waals surface area contributed by atoms with Crippen LogP contribution in [0.15, 0.2) is 129 Å².